The first-order valence-corrected chi connectivity index (χ1v) is 9.06. The van der Waals surface area contributed by atoms with Crippen molar-refractivity contribution in [2.24, 2.45) is 7.05 Å². The average Bonchev–Trinajstić information content (AvgIpc) is 3.20. The maximum atomic E-state index is 13.8. The van der Waals surface area contributed by atoms with Gasteiger partial charge >= 0.3 is 0 Å². The lowest BCUT2D eigenvalue weighted by molar-refractivity contribution is 0.367. The molecule has 1 N–H and O–H groups in total. The first-order valence-electron chi connectivity index (χ1n) is 7.58. The van der Waals surface area contributed by atoms with Gasteiger partial charge in [-0.15, -0.1) is 0 Å². The molecule has 0 radical (unpaired) electrons. The SMILES string of the molecule is Cc1nn(C)cc1S(=O)(=O)Nc1ccn(Cc2c(F)c(F)c(F)c(F)c2F)n1. The Labute approximate surface area is 155 Å². The highest BCUT2D eigenvalue weighted by atomic mass is 32.2. The topological polar surface area (TPSA) is 81.8 Å². The van der Waals surface area contributed by atoms with Gasteiger partial charge in [0.15, 0.2) is 29.1 Å². The zero-order valence-electron chi connectivity index (χ0n) is 14.3. The van der Waals surface area contributed by atoms with Gasteiger partial charge in [0.05, 0.1) is 17.8 Å². The maximum absolute atomic E-state index is 13.8. The molecule has 3 aromatic rings. The van der Waals surface area contributed by atoms with Crippen LogP contribution in [-0.4, -0.2) is 28.0 Å². The summed E-state index contributed by atoms with van der Waals surface area (Å²) in [5.74, 6) is -10.6. The van der Waals surface area contributed by atoms with E-state index in [2.05, 4.69) is 14.9 Å². The molecular weight excluding hydrogens is 409 g/mol. The summed E-state index contributed by atoms with van der Waals surface area (Å²) in [6.07, 6.45) is 2.38. The van der Waals surface area contributed by atoms with Gasteiger partial charge in [-0.2, -0.15) is 10.2 Å². The molecule has 0 saturated carbocycles. The zero-order valence-corrected chi connectivity index (χ0v) is 15.2. The van der Waals surface area contributed by atoms with Crippen LogP contribution in [0.4, 0.5) is 27.8 Å². The van der Waals surface area contributed by atoms with E-state index in [1.54, 1.807) is 0 Å². The van der Waals surface area contributed by atoms with Crippen LogP contribution in [0.2, 0.25) is 0 Å². The molecule has 0 unspecified atom stereocenters. The van der Waals surface area contributed by atoms with Crippen molar-refractivity contribution >= 4 is 15.8 Å². The number of benzene rings is 1. The molecule has 13 heteroatoms. The summed E-state index contributed by atoms with van der Waals surface area (Å²) in [6, 6.07) is 1.16. The summed E-state index contributed by atoms with van der Waals surface area (Å²) in [6.45, 7) is 0.676. The Morgan fingerprint density at radius 2 is 1.57 bits per heavy atom. The Morgan fingerprint density at radius 1 is 1.00 bits per heavy atom. The normalized spacial score (nSPS) is 11.8. The van der Waals surface area contributed by atoms with E-state index < -0.39 is 51.2 Å². The number of sulfonamides is 1. The van der Waals surface area contributed by atoms with E-state index in [0.717, 1.165) is 16.9 Å². The minimum Gasteiger partial charge on any atom is -0.274 e. The number of anilines is 1. The van der Waals surface area contributed by atoms with Crippen molar-refractivity contribution in [2.75, 3.05) is 4.72 Å². The highest BCUT2D eigenvalue weighted by Crippen LogP contribution is 2.24. The van der Waals surface area contributed by atoms with E-state index in [1.165, 1.54) is 24.9 Å². The minimum atomic E-state index is -4.04. The standard InChI is InChI=1S/C15H12F5N5O2S/c1-7-9(6-24(2)21-7)28(26,27)23-10-3-4-25(22-10)5-8-11(16)13(18)15(20)14(19)12(8)17/h3-4,6H,5H2,1-2H3,(H,22,23). The fourth-order valence-electron chi connectivity index (χ4n) is 2.49. The fraction of sp³-hybridized carbons (Fsp3) is 0.200. The first-order chi connectivity index (χ1) is 13.0. The lowest BCUT2D eigenvalue weighted by Gasteiger charge is -2.08. The molecular formula is C15H12F5N5O2S. The quantitative estimate of drug-likeness (QED) is 0.390. The minimum absolute atomic E-state index is 0.107. The van der Waals surface area contributed by atoms with Crippen LogP contribution >= 0.6 is 0 Å². The Kier molecular flexibility index (Phi) is 4.87. The van der Waals surface area contributed by atoms with Crippen molar-refractivity contribution in [3.05, 3.63) is 58.8 Å². The van der Waals surface area contributed by atoms with Gasteiger partial charge < -0.3 is 0 Å². The van der Waals surface area contributed by atoms with Gasteiger partial charge in [0.25, 0.3) is 10.0 Å². The number of hydrogen-bond donors (Lipinski definition) is 1. The van der Waals surface area contributed by atoms with Crippen molar-refractivity contribution in [1.29, 1.82) is 0 Å². The van der Waals surface area contributed by atoms with Crippen molar-refractivity contribution in [3.8, 4) is 0 Å². The van der Waals surface area contributed by atoms with Crippen LogP contribution in [0, 0.1) is 36.0 Å². The van der Waals surface area contributed by atoms with Crippen molar-refractivity contribution in [2.45, 2.75) is 18.4 Å². The van der Waals surface area contributed by atoms with Gasteiger partial charge in [-0.1, -0.05) is 0 Å². The molecule has 1 aromatic carbocycles. The smallest absolute Gasteiger partial charge is 0.266 e. The van der Waals surface area contributed by atoms with E-state index in [0.29, 0.717) is 0 Å². The molecule has 0 aliphatic rings. The first kappa shape index (κ1) is 19.8. The molecule has 0 fully saturated rings. The molecule has 0 atom stereocenters. The maximum Gasteiger partial charge on any atom is 0.266 e. The molecule has 0 bridgehead atoms. The summed E-state index contributed by atoms with van der Waals surface area (Å²) in [5, 5.41) is 7.65. The van der Waals surface area contributed by atoms with Crippen molar-refractivity contribution in [1.82, 2.24) is 19.6 Å². The molecule has 2 aromatic heterocycles. The number of halogens is 5. The molecule has 0 amide bonds. The lowest BCUT2D eigenvalue weighted by atomic mass is 10.1. The van der Waals surface area contributed by atoms with Crippen LogP contribution in [-0.2, 0) is 23.6 Å². The van der Waals surface area contributed by atoms with E-state index in [9.17, 15) is 30.4 Å². The van der Waals surface area contributed by atoms with Gasteiger partial charge in [-0.05, 0) is 6.92 Å². The van der Waals surface area contributed by atoms with Crippen LogP contribution in [0.25, 0.3) is 0 Å². The zero-order chi connectivity index (χ0) is 20.8. The van der Waals surface area contributed by atoms with Gasteiger partial charge in [-0.25, -0.2) is 30.4 Å². The molecule has 0 aliphatic heterocycles. The third-order valence-corrected chi connectivity index (χ3v) is 5.22. The van der Waals surface area contributed by atoms with Gasteiger partial charge in [0.1, 0.15) is 4.90 Å². The third kappa shape index (κ3) is 3.44. The molecule has 0 aliphatic carbocycles. The number of nitrogens with zero attached hydrogens (tertiary/aromatic N) is 4. The number of aryl methyl sites for hydroxylation is 2. The molecule has 28 heavy (non-hydrogen) atoms. The highest BCUT2D eigenvalue weighted by Gasteiger charge is 2.26. The Morgan fingerprint density at radius 3 is 2.11 bits per heavy atom. The third-order valence-electron chi connectivity index (χ3n) is 3.76. The summed E-state index contributed by atoms with van der Waals surface area (Å²) in [5.41, 5.74) is -0.868. The van der Waals surface area contributed by atoms with E-state index in [1.807, 2.05) is 0 Å². The summed E-state index contributed by atoms with van der Waals surface area (Å²) < 4.78 is 96.1. The summed E-state index contributed by atoms with van der Waals surface area (Å²) >= 11 is 0. The van der Waals surface area contributed by atoms with Crippen molar-refractivity contribution in [3.63, 3.8) is 0 Å². The lowest BCUT2D eigenvalue weighted by Crippen LogP contribution is -2.15. The molecule has 3 rings (SSSR count). The fourth-order valence-corrected chi connectivity index (χ4v) is 3.70. The van der Waals surface area contributed by atoms with Crippen LogP contribution in [0.1, 0.15) is 11.3 Å². The van der Waals surface area contributed by atoms with E-state index >= 15 is 0 Å². The second-order valence-electron chi connectivity index (χ2n) is 5.80. The molecule has 150 valence electrons. The largest absolute Gasteiger partial charge is 0.274 e. The number of rotatable bonds is 5. The Balaban J connectivity index is 1.87. The number of aromatic nitrogens is 4. The Bertz CT molecular complexity index is 1140. The number of hydrogen-bond acceptors (Lipinski definition) is 4. The van der Waals surface area contributed by atoms with Gasteiger partial charge in [0, 0.05) is 25.5 Å². The van der Waals surface area contributed by atoms with Gasteiger partial charge in [0.2, 0.25) is 5.82 Å². The predicted molar refractivity (Wildman–Crippen MR) is 86.3 cm³/mol. The molecule has 2 heterocycles. The molecule has 0 saturated heterocycles. The van der Waals surface area contributed by atoms with Crippen LogP contribution in [0.5, 0.6) is 0 Å². The molecule has 7 nitrogen and oxygen atoms in total. The second-order valence-corrected chi connectivity index (χ2v) is 7.46. The predicted octanol–water partition coefficient (Wildman–Crippen LogP) is 2.47. The monoisotopic (exact) mass is 421 g/mol. The van der Waals surface area contributed by atoms with E-state index in [-0.39, 0.29) is 16.4 Å². The second kappa shape index (κ2) is 6.89. The summed E-state index contributed by atoms with van der Waals surface area (Å²) in [4.78, 5) is -0.107. The average molecular weight is 421 g/mol. The van der Waals surface area contributed by atoms with Crippen LogP contribution in [0.15, 0.2) is 23.4 Å². The van der Waals surface area contributed by atoms with Crippen LogP contribution in [0.3, 0.4) is 0 Å². The van der Waals surface area contributed by atoms with Gasteiger partial charge in [-0.3, -0.25) is 14.1 Å². The van der Waals surface area contributed by atoms with Crippen LogP contribution < -0.4 is 4.72 Å². The summed E-state index contributed by atoms with van der Waals surface area (Å²) in [7, 11) is -2.51. The van der Waals surface area contributed by atoms with E-state index in [4.69, 9.17) is 0 Å². The number of nitrogens with one attached hydrogen (secondary N) is 1. The molecule has 0 spiro atoms. The highest BCUT2D eigenvalue weighted by molar-refractivity contribution is 7.92. The van der Waals surface area contributed by atoms with Crippen molar-refractivity contribution < 1.29 is 30.4 Å². The Hall–Kier alpha value is -2.96.